The third kappa shape index (κ3) is 4.66. The van der Waals surface area contributed by atoms with E-state index in [9.17, 15) is 4.79 Å². The van der Waals surface area contributed by atoms with Crippen molar-refractivity contribution in [2.75, 3.05) is 17.6 Å². The van der Waals surface area contributed by atoms with Crippen molar-refractivity contribution in [3.63, 3.8) is 0 Å². The van der Waals surface area contributed by atoms with E-state index in [4.69, 9.17) is 28.9 Å². The number of likely N-dealkylation sites (tertiary alicyclic amines) is 1. The van der Waals surface area contributed by atoms with Gasteiger partial charge in [-0.2, -0.15) is 0 Å². The highest BCUT2D eigenvalue weighted by Gasteiger charge is 2.29. The maximum absolute atomic E-state index is 12.8. The minimum Gasteiger partial charge on any atom is -0.399 e. The van der Waals surface area contributed by atoms with E-state index in [0.717, 1.165) is 37.1 Å². The van der Waals surface area contributed by atoms with Gasteiger partial charge in [0.1, 0.15) is 0 Å². The van der Waals surface area contributed by atoms with Crippen LogP contribution in [0.1, 0.15) is 24.8 Å². The fourth-order valence-corrected chi connectivity index (χ4v) is 3.67. The molecule has 1 fully saturated rings. The van der Waals surface area contributed by atoms with Crippen molar-refractivity contribution in [1.29, 1.82) is 0 Å². The Morgan fingerprint density at radius 1 is 1.20 bits per heavy atom. The second-order valence-electron chi connectivity index (χ2n) is 6.34. The number of nitrogens with zero attached hydrogens (tertiary/aromatic N) is 1. The van der Waals surface area contributed by atoms with Crippen LogP contribution in [-0.4, -0.2) is 23.4 Å². The number of hydrogen-bond donors (Lipinski definition) is 2. The molecular weight excluding hydrogens is 357 g/mol. The van der Waals surface area contributed by atoms with Crippen molar-refractivity contribution >= 4 is 40.5 Å². The molecule has 2 aromatic carbocycles. The van der Waals surface area contributed by atoms with Crippen LogP contribution in [0.15, 0.2) is 42.5 Å². The molecular formula is C19H21Cl2N3O. The van der Waals surface area contributed by atoms with Crippen LogP contribution >= 0.6 is 23.2 Å². The van der Waals surface area contributed by atoms with E-state index in [1.807, 2.05) is 24.3 Å². The molecule has 1 aliphatic rings. The summed E-state index contributed by atoms with van der Waals surface area (Å²) in [6.45, 7) is 1.60. The van der Waals surface area contributed by atoms with Crippen LogP contribution in [0.25, 0.3) is 0 Å². The van der Waals surface area contributed by atoms with Gasteiger partial charge < -0.3 is 11.1 Å². The average molecular weight is 378 g/mol. The van der Waals surface area contributed by atoms with Crippen molar-refractivity contribution in [1.82, 2.24) is 4.90 Å². The van der Waals surface area contributed by atoms with Crippen molar-refractivity contribution in [3.8, 4) is 0 Å². The fraction of sp³-hybridized carbons (Fsp3) is 0.316. The van der Waals surface area contributed by atoms with Crippen LogP contribution in [0, 0.1) is 0 Å². The number of rotatable bonds is 4. The molecule has 3 rings (SSSR count). The Hall–Kier alpha value is -1.75. The minimum absolute atomic E-state index is 0.0344. The summed E-state index contributed by atoms with van der Waals surface area (Å²) in [7, 11) is 0. The standard InChI is InChI=1S/C19H21Cl2N3O/c20-14-7-8-17(16(21)11-14)23-19(25)18-6-1-2-9-24(18)12-13-4-3-5-15(22)10-13/h3-5,7-8,10-11,18H,1-2,6,9,12,22H2,(H,23,25). The molecule has 6 heteroatoms. The minimum atomic E-state index is -0.179. The Labute approximate surface area is 157 Å². The lowest BCUT2D eigenvalue weighted by Gasteiger charge is -2.34. The molecule has 1 heterocycles. The number of hydrogen-bond acceptors (Lipinski definition) is 3. The maximum Gasteiger partial charge on any atom is 0.241 e. The van der Waals surface area contributed by atoms with Crippen LogP contribution in [0.4, 0.5) is 11.4 Å². The van der Waals surface area contributed by atoms with Gasteiger partial charge in [-0.1, -0.05) is 41.8 Å². The van der Waals surface area contributed by atoms with Crippen LogP contribution in [-0.2, 0) is 11.3 Å². The number of anilines is 2. The Morgan fingerprint density at radius 3 is 2.80 bits per heavy atom. The molecule has 1 saturated heterocycles. The highest BCUT2D eigenvalue weighted by Crippen LogP contribution is 2.27. The molecule has 0 bridgehead atoms. The molecule has 1 unspecified atom stereocenters. The summed E-state index contributed by atoms with van der Waals surface area (Å²) in [6.07, 6.45) is 2.97. The lowest BCUT2D eigenvalue weighted by Crippen LogP contribution is -2.46. The maximum atomic E-state index is 12.8. The molecule has 0 radical (unpaired) electrons. The number of nitrogens with two attached hydrogens (primary N) is 1. The van der Waals surface area contributed by atoms with Crippen LogP contribution < -0.4 is 11.1 Å². The van der Waals surface area contributed by atoms with Gasteiger partial charge in [0, 0.05) is 17.3 Å². The highest BCUT2D eigenvalue weighted by molar-refractivity contribution is 6.36. The molecule has 4 nitrogen and oxygen atoms in total. The zero-order chi connectivity index (χ0) is 17.8. The van der Waals surface area contributed by atoms with E-state index in [2.05, 4.69) is 10.2 Å². The van der Waals surface area contributed by atoms with Gasteiger partial charge in [-0.15, -0.1) is 0 Å². The second-order valence-corrected chi connectivity index (χ2v) is 7.18. The summed E-state index contributed by atoms with van der Waals surface area (Å²) in [5, 5.41) is 3.93. The first-order valence-electron chi connectivity index (χ1n) is 8.37. The molecule has 132 valence electrons. The highest BCUT2D eigenvalue weighted by atomic mass is 35.5. The van der Waals surface area contributed by atoms with Gasteiger partial charge in [-0.05, 0) is 55.3 Å². The van der Waals surface area contributed by atoms with Crippen molar-refractivity contribution < 1.29 is 4.79 Å². The Bertz CT molecular complexity index is 766. The summed E-state index contributed by atoms with van der Waals surface area (Å²) in [4.78, 5) is 15.0. The van der Waals surface area contributed by atoms with E-state index >= 15 is 0 Å². The lowest BCUT2D eigenvalue weighted by atomic mass is 10.00. The van der Waals surface area contributed by atoms with Crippen molar-refractivity contribution in [3.05, 3.63) is 58.1 Å². The molecule has 1 atom stereocenters. The van der Waals surface area contributed by atoms with Gasteiger partial charge >= 0.3 is 0 Å². The smallest absolute Gasteiger partial charge is 0.241 e. The lowest BCUT2D eigenvalue weighted by molar-refractivity contribution is -0.122. The number of amides is 1. The predicted octanol–water partition coefficient (Wildman–Crippen LogP) is 4.57. The third-order valence-corrected chi connectivity index (χ3v) is 4.99. The van der Waals surface area contributed by atoms with Crippen molar-refractivity contribution in [2.24, 2.45) is 0 Å². The average Bonchev–Trinajstić information content (AvgIpc) is 2.58. The van der Waals surface area contributed by atoms with Gasteiger partial charge in [0.25, 0.3) is 0 Å². The summed E-state index contributed by atoms with van der Waals surface area (Å²) >= 11 is 12.1. The molecule has 2 aromatic rings. The normalized spacial score (nSPS) is 18.1. The Balaban J connectivity index is 1.72. The zero-order valence-electron chi connectivity index (χ0n) is 13.8. The summed E-state index contributed by atoms with van der Waals surface area (Å²) < 4.78 is 0. The molecule has 3 N–H and O–H groups in total. The number of piperidine rings is 1. The van der Waals surface area contributed by atoms with Crippen LogP contribution in [0.3, 0.4) is 0 Å². The SMILES string of the molecule is Nc1cccc(CN2CCCCC2C(=O)Nc2ccc(Cl)cc2Cl)c1. The largest absolute Gasteiger partial charge is 0.399 e. The Kier molecular flexibility index (Phi) is 5.84. The summed E-state index contributed by atoms with van der Waals surface area (Å²) in [5.41, 5.74) is 8.31. The zero-order valence-corrected chi connectivity index (χ0v) is 15.4. The van der Waals surface area contributed by atoms with E-state index in [-0.39, 0.29) is 11.9 Å². The van der Waals surface area contributed by atoms with Gasteiger partial charge in [-0.25, -0.2) is 0 Å². The number of nitrogen functional groups attached to an aromatic ring is 1. The molecule has 25 heavy (non-hydrogen) atoms. The third-order valence-electron chi connectivity index (χ3n) is 4.44. The molecule has 1 amide bonds. The Morgan fingerprint density at radius 2 is 2.04 bits per heavy atom. The topological polar surface area (TPSA) is 58.4 Å². The van der Waals surface area contributed by atoms with Gasteiger partial charge in [0.2, 0.25) is 5.91 Å². The van der Waals surface area contributed by atoms with Gasteiger partial charge in [0.05, 0.1) is 16.8 Å². The second kappa shape index (κ2) is 8.09. The van der Waals surface area contributed by atoms with Gasteiger partial charge in [0.15, 0.2) is 0 Å². The number of carbonyl (C=O) groups is 1. The molecule has 0 spiro atoms. The number of benzene rings is 2. The number of nitrogens with one attached hydrogen (secondary N) is 1. The first-order chi connectivity index (χ1) is 12.0. The first-order valence-corrected chi connectivity index (χ1v) is 9.13. The summed E-state index contributed by atoms with van der Waals surface area (Å²) in [5.74, 6) is -0.0344. The fourth-order valence-electron chi connectivity index (χ4n) is 3.21. The molecule has 1 aliphatic heterocycles. The monoisotopic (exact) mass is 377 g/mol. The predicted molar refractivity (Wildman–Crippen MR) is 104 cm³/mol. The van der Waals surface area contributed by atoms with Gasteiger partial charge in [-0.3, -0.25) is 9.69 Å². The first kappa shape index (κ1) is 18.1. The van der Waals surface area contributed by atoms with Crippen LogP contribution in [0.2, 0.25) is 10.0 Å². The summed E-state index contributed by atoms with van der Waals surface area (Å²) in [6, 6.07) is 12.7. The quantitative estimate of drug-likeness (QED) is 0.767. The number of halogens is 2. The van der Waals surface area contributed by atoms with Crippen molar-refractivity contribution in [2.45, 2.75) is 31.8 Å². The molecule has 0 aromatic heterocycles. The van der Waals surface area contributed by atoms with E-state index in [1.165, 1.54) is 0 Å². The number of carbonyl (C=O) groups excluding carboxylic acids is 1. The molecule has 0 saturated carbocycles. The van der Waals surface area contributed by atoms with E-state index < -0.39 is 0 Å². The van der Waals surface area contributed by atoms with Crippen LogP contribution in [0.5, 0.6) is 0 Å². The van der Waals surface area contributed by atoms with E-state index in [0.29, 0.717) is 22.3 Å². The van der Waals surface area contributed by atoms with E-state index in [1.54, 1.807) is 18.2 Å². The molecule has 0 aliphatic carbocycles.